The second kappa shape index (κ2) is 5.90. The molecule has 0 spiro atoms. The van der Waals surface area contributed by atoms with Crippen LogP contribution in [0.1, 0.15) is 38.2 Å². The zero-order chi connectivity index (χ0) is 17.6. The van der Waals surface area contributed by atoms with E-state index in [1.807, 2.05) is 32.0 Å². The summed E-state index contributed by atoms with van der Waals surface area (Å²) in [6, 6.07) is 7.33. The molecule has 0 saturated carbocycles. The van der Waals surface area contributed by atoms with E-state index < -0.39 is 5.92 Å². The molecular weight excluding hydrogens is 344 g/mol. The first-order valence-electron chi connectivity index (χ1n) is 7.69. The summed E-state index contributed by atoms with van der Waals surface area (Å²) >= 11 is 11.6. The average Bonchev–Trinajstić information content (AvgIpc) is 2.44. The van der Waals surface area contributed by atoms with Crippen LogP contribution in [-0.2, 0) is 9.53 Å². The molecule has 1 heterocycles. The lowest BCUT2D eigenvalue weighted by Gasteiger charge is -2.38. The van der Waals surface area contributed by atoms with E-state index in [9.17, 15) is 4.79 Å². The number of ether oxygens (including phenoxy) is 1. The van der Waals surface area contributed by atoms with Gasteiger partial charge in [0.1, 0.15) is 10.7 Å². The molecule has 0 amide bonds. The number of thiocarbonyl (C=S) groups is 1. The summed E-state index contributed by atoms with van der Waals surface area (Å²) in [6.45, 7) is 4.07. The highest BCUT2D eigenvalue weighted by molar-refractivity contribution is 7.80. The van der Waals surface area contributed by atoms with E-state index in [0.717, 1.165) is 5.56 Å². The third-order valence-electron chi connectivity index (χ3n) is 4.44. The summed E-state index contributed by atoms with van der Waals surface area (Å²) in [4.78, 5) is 13.0. The molecule has 0 radical (unpaired) electrons. The van der Waals surface area contributed by atoms with Crippen molar-refractivity contribution in [2.45, 2.75) is 32.6 Å². The van der Waals surface area contributed by atoms with Gasteiger partial charge < -0.3 is 16.2 Å². The minimum atomic E-state index is -0.483. The van der Waals surface area contributed by atoms with Crippen LogP contribution in [0.5, 0.6) is 0 Å². The minimum Gasteiger partial charge on any atom is -0.445 e. The first-order chi connectivity index (χ1) is 11.2. The Hall–Kier alpha value is -1.85. The van der Waals surface area contributed by atoms with E-state index in [-0.39, 0.29) is 22.1 Å². The highest BCUT2D eigenvalue weighted by atomic mass is 35.5. The summed E-state index contributed by atoms with van der Waals surface area (Å²) in [5.41, 5.74) is 13.6. The van der Waals surface area contributed by atoms with Crippen molar-refractivity contribution < 1.29 is 9.53 Å². The van der Waals surface area contributed by atoms with Gasteiger partial charge in [0.05, 0.1) is 11.5 Å². The van der Waals surface area contributed by atoms with Crippen LogP contribution in [0, 0.1) is 5.41 Å². The molecule has 126 valence electrons. The number of benzene rings is 1. The van der Waals surface area contributed by atoms with Crippen molar-refractivity contribution in [2.75, 3.05) is 0 Å². The van der Waals surface area contributed by atoms with Gasteiger partial charge in [-0.05, 0) is 17.0 Å². The fourth-order valence-corrected chi connectivity index (χ4v) is 3.91. The maximum absolute atomic E-state index is 12.9. The Morgan fingerprint density at radius 3 is 2.62 bits per heavy atom. The number of hydrogen-bond donors (Lipinski definition) is 2. The fourth-order valence-electron chi connectivity index (χ4n) is 3.45. The summed E-state index contributed by atoms with van der Waals surface area (Å²) in [5.74, 6) is 0.284. The second-order valence-electron chi connectivity index (χ2n) is 6.98. The zero-order valence-corrected chi connectivity index (χ0v) is 15.1. The molecular formula is C18H19ClN2O2S. The topological polar surface area (TPSA) is 78.3 Å². The Morgan fingerprint density at radius 2 is 2.00 bits per heavy atom. The minimum absolute atomic E-state index is 0.0208. The van der Waals surface area contributed by atoms with Gasteiger partial charge >= 0.3 is 0 Å². The van der Waals surface area contributed by atoms with Crippen molar-refractivity contribution in [3.8, 4) is 0 Å². The number of rotatable bonds is 2. The SMILES string of the molecule is CC1(C)CC(=O)C2=C(C1)OC(N)=C(C(N)=S)C2c1ccccc1Cl. The fraction of sp³-hybridized carbons (Fsp3) is 0.333. The van der Waals surface area contributed by atoms with Crippen molar-refractivity contribution in [1.82, 2.24) is 0 Å². The van der Waals surface area contributed by atoms with Gasteiger partial charge in [-0.3, -0.25) is 4.79 Å². The normalized spacial score (nSPS) is 23.0. The average molecular weight is 363 g/mol. The third kappa shape index (κ3) is 2.82. The molecule has 1 atom stereocenters. The lowest BCUT2D eigenvalue weighted by atomic mass is 9.70. The van der Waals surface area contributed by atoms with Gasteiger partial charge in [0.15, 0.2) is 11.7 Å². The van der Waals surface area contributed by atoms with Crippen molar-refractivity contribution in [2.24, 2.45) is 16.9 Å². The predicted octanol–water partition coefficient (Wildman–Crippen LogP) is 3.55. The second-order valence-corrected chi connectivity index (χ2v) is 7.82. The van der Waals surface area contributed by atoms with Crippen LogP contribution in [0.2, 0.25) is 5.02 Å². The van der Waals surface area contributed by atoms with Crippen LogP contribution in [0.15, 0.2) is 47.1 Å². The number of carbonyl (C=O) groups excluding carboxylic acids is 1. The molecule has 6 heteroatoms. The van der Waals surface area contributed by atoms with E-state index in [2.05, 4.69) is 0 Å². The Balaban J connectivity index is 2.24. The van der Waals surface area contributed by atoms with Crippen LogP contribution in [0.25, 0.3) is 0 Å². The van der Waals surface area contributed by atoms with Crippen molar-refractivity contribution >= 4 is 34.6 Å². The molecule has 4 N–H and O–H groups in total. The molecule has 0 bridgehead atoms. The Kier molecular flexibility index (Phi) is 4.18. The molecule has 0 fully saturated rings. The van der Waals surface area contributed by atoms with Gasteiger partial charge in [0.2, 0.25) is 0 Å². The van der Waals surface area contributed by atoms with Gasteiger partial charge in [0, 0.05) is 23.4 Å². The summed E-state index contributed by atoms with van der Waals surface area (Å²) < 4.78 is 5.77. The van der Waals surface area contributed by atoms with E-state index in [0.29, 0.717) is 34.8 Å². The maximum atomic E-state index is 12.9. The van der Waals surface area contributed by atoms with Crippen LogP contribution >= 0.6 is 23.8 Å². The van der Waals surface area contributed by atoms with E-state index in [1.165, 1.54) is 0 Å². The zero-order valence-electron chi connectivity index (χ0n) is 13.6. The van der Waals surface area contributed by atoms with Crippen LogP contribution < -0.4 is 11.5 Å². The highest BCUT2D eigenvalue weighted by Gasteiger charge is 2.43. The van der Waals surface area contributed by atoms with Crippen LogP contribution in [-0.4, -0.2) is 10.8 Å². The third-order valence-corrected chi connectivity index (χ3v) is 5.00. The monoisotopic (exact) mass is 362 g/mol. The number of nitrogens with two attached hydrogens (primary N) is 2. The predicted molar refractivity (Wildman–Crippen MR) is 98.3 cm³/mol. The molecule has 4 nitrogen and oxygen atoms in total. The number of Topliss-reactive ketones (excluding diaryl/α,β-unsaturated/α-hetero) is 1. The number of carbonyl (C=O) groups is 1. The first kappa shape index (κ1) is 17.0. The Morgan fingerprint density at radius 1 is 1.33 bits per heavy atom. The van der Waals surface area contributed by atoms with Gasteiger partial charge in [0.25, 0.3) is 0 Å². The first-order valence-corrected chi connectivity index (χ1v) is 8.48. The van der Waals surface area contributed by atoms with Crippen LogP contribution in [0.4, 0.5) is 0 Å². The molecule has 1 unspecified atom stereocenters. The molecule has 0 saturated heterocycles. The van der Waals surface area contributed by atoms with Crippen molar-refractivity contribution in [3.63, 3.8) is 0 Å². The Labute approximate surface area is 151 Å². The lowest BCUT2D eigenvalue weighted by Crippen LogP contribution is -2.36. The standard InChI is InChI=1S/C18H19ClN2O2S/c1-18(2)7-11(22)14-12(8-18)23-16(20)15(17(21)24)13(14)9-5-3-4-6-10(9)19/h3-6,13H,7-8,20H2,1-2H3,(H2,21,24). The quantitative estimate of drug-likeness (QED) is 0.786. The Bertz CT molecular complexity index is 811. The molecule has 0 aromatic heterocycles. The van der Waals surface area contributed by atoms with Gasteiger partial charge in [-0.2, -0.15) is 0 Å². The molecule has 2 aliphatic rings. The number of hydrogen-bond acceptors (Lipinski definition) is 4. The molecule has 24 heavy (non-hydrogen) atoms. The van der Waals surface area contributed by atoms with Crippen molar-refractivity contribution in [3.05, 3.63) is 57.6 Å². The van der Waals surface area contributed by atoms with Crippen LogP contribution in [0.3, 0.4) is 0 Å². The molecule has 1 aliphatic heterocycles. The summed E-state index contributed by atoms with van der Waals surface area (Å²) in [7, 11) is 0. The number of halogens is 1. The molecule has 1 aromatic carbocycles. The van der Waals surface area contributed by atoms with Crippen molar-refractivity contribution in [1.29, 1.82) is 0 Å². The maximum Gasteiger partial charge on any atom is 0.197 e. The van der Waals surface area contributed by atoms with E-state index in [4.69, 9.17) is 40.0 Å². The van der Waals surface area contributed by atoms with Gasteiger partial charge in [-0.1, -0.05) is 55.9 Å². The van der Waals surface area contributed by atoms with E-state index >= 15 is 0 Å². The smallest absolute Gasteiger partial charge is 0.197 e. The molecule has 1 aliphatic carbocycles. The van der Waals surface area contributed by atoms with Gasteiger partial charge in [-0.15, -0.1) is 0 Å². The van der Waals surface area contributed by atoms with Gasteiger partial charge in [-0.25, -0.2) is 0 Å². The number of allylic oxidation sites excluding steroid dienone is 2. The molecule has 1 aromatic rings. The summed E-state index contributed by atoms with van der Waals surface area (Å²) in [5, 5.41) is 0.537. The highest BCUT2D eigenvalue weighted by Crippen LogP contribution is 2.49. The number of ketones is 1. The lowest BCUT2D eigenvalue weighted by molar-refractivity contribution is -0.119. The largest absolute Gasteiger partial charge is 0.445 e. The molecule has 3 rings (SSSR count). The summed E-state index contributed by atoms with van der Waals surface area (Å²) in [6.07, 6.45) is 1.06. The van der Waals surface area contributed by atoms with E-state index in [1.54, 1.807) is 6.07 Å².